The molecule has 0 saturated heterocycles. The van der Waals surface area contributed by atoms with E-state index < -0.39 is 29.2 Å². The van der Waals surface area contributed by atoms with Gasteiger partial charge >= 0.3 is 11.7 Å². The van der Waals surface area contributed by atoms with E-state index in [1.54, 1.807) is 0 Å². The SMILES string of the molecule is O=C(NCCC(O)C(=O)O)c1cc(=O)[nH]c(=O)[nH]1. The van der Waals surface area contributed by atoms with Crippen LogP contribution in [0.25, 0.3) is 0 Å². The second kappa shape index (κ2) is 5.77. The third-order valence-electron chi connectivity index (χ3n) is 1.99. The molecular formula is C9H11N3O6. The smallest absolute Gasteiger partial charge is 0.332 e. The molecule has 1 aromatic heterocycles. The predicted molar refractivity (Wildman–Crippen MR) is 58.3 cm³/mol. The molecule has 1 unspecified atom stereocenters. The van der Waals surface area contributed by atoms with Crippen LogP contribution >= 0.6 is 0 Å². The summed E-state index contributed by atoms with van der Waals surface area (Å²) >= 11 is 0. The number of aliphatic carboxylic acids is 1. The third kappa shape index (κ3) is 3.87. The van der Waals surface area contributed by atoms with E-state index >= 15 is 0 Å². The quantitative estimate of drug-likeness (QED) is 0.397. The van der Waals surface area contributed by atoms with Gasteiger partial charge in [0.1, 0.15) is 5.69 Å². The summed E-state index contributed by atoms with van der Waals surface area (Å²) in [6, 6.07) is 0.893. The van der Waals surface area contributed by atoms with Crippen molar-refractivity contribution in [2.24, 2.45) is 0 Å². The minimum absolute atomic E-state index is 0.110. The van der Waals surface area contributed by atoms with Gasteiger partial charge in [-0.3, -0.25) is 14.6 Å². The van der Waals surface area contributed by atoms with Crippen molar-refractivity contribution in [1.29, 1.82) is 0 Å². The van der Waals surface area contributed by atoms with Gasteiger partial charge in [-0.15, -0.1) is 0 Å². The van der Waals surface area contributed by atoms with Crippen molar-refractivity contribution in [2.45, 2.75) is 12.5 Å². The second-order valence-electron chi connectivity index (χ2n) is 3.40. The number of hydrogen-bond donors (Lipinski definition) is 5. The molecule has 0 aliphatic heterocycles. The van der Waals surface area contributed by atoms with Crippen molar-refractivity contribution in [3.63, 3.8) is 0 Å². The molecule has 18 heavy (non-hydrogen) atoms. The Bertz CT molecular complexity index is 532. The molecule has 0 spiro atoms. The first-order valence-electron chi connectivity index (χ1n) is 4.93. The summed E-state index contributed by atoms with van der Waals surface area (Å²) in [6.07, 6.45) is -1.77. The minimum Gasteiger partial charge on any atom is -0.479 e. The molecule has 0 bridgehead atoms. The number of rotatable bonds is 5. The number of aliphatic hydroxyl groups is 1. The van der Waals surface area contributed by atoms with Gasteiger partial charge < -0.3 is 20.5 Å². The molecule has 0 radical (unpaired) electrons. The number of aliphatic hydroxyl groups excluding tert-OH is 1. The molecule has 0 aromatic carbocycles. The number of carbonyl (C=O) groups is 2. The first kappa shape index (κ1) is 13.6. The Hall–Kier alpha value is -2.42. The zero-order chi connectivity index (χ0) is 13.7. The molecule has 98 valence electrons. The number of hydrogen-bond acceptors (Lipinski definition) is 5. The van der Waals surface area contributed by atoms with Gasteiger partial charge in [0.05, 0.1) is 0 Å². The van der Waals surface area contributed by atoms with Gasteiger partial charge in [-0.1, -0.05) is 0 Å². The molecule has 1 heterocycles. The minimum atomic E-state index is -1.58. The van der Waals surface area contributed by atoms with Crippen LogP contribution in [0, 0.1) is 0 Å². The second-order valence-corrected chi connectivity index (χ2v) is 3.40. The van der Waals surface area contributed by atoms with Crippen LogP contribution in [0.2, 0.25) is 0 Å². The Kier molecular flexibility index (Phi) is 4.38. The van der Waals surface area contributed by atoms with Crippen molar-refractivity contribution in [3.05, 3.63) is 32.6 Å². The number of amides is 1. The molecule has 1 atom stereocenters. The van der Waals surface area contributed by atoms with Crippen molar-refractivity contribution in [3.8, 4) is 0 Å². The maximum atomic E-state index is 11.4. The number of aromatic amines is 2. The van der Waals surface area contributed by atoms with Crippen LogP contribution in [0.15, 0.2) is 15.7 Å². The molecule has 1 aromatic rings. The van der Waals surface area contributed by atoms with Gasteiger partial charge in [0.15, 0.2) is 6.10 Å². The first-order chi connectivity index (χ1) is 8.40. The Balaban J connectivity index is 2.58. The van der Waals surface area contributed by atoms with E-state index in [9.17, 15) is 19.2 Å². The Morgan fingerprint density at radius 3 is 2.56 bits per heavy atom. The molecule has 0 aliphatic carbocycles. The van der Waals surface area contributed by atoms with Crippen LogP contribution < -0.4 is 16.6 Å². The highest BCUT2D eigenvalue weighted by Gasteiger charge is 2.13. The highest BCUT2D eigenvalue weighted by atomic mass is 16.4. The van der Waals surface area contributed by atoms with Gasteiger partial charge in [0, 0.05) is 19.0 Å². The Morgan fingerprint density at radius 2 is 2.00 bits per heavy atom. The van der Waals surface area contributed by atoms with Gasteiger partial charge in [-0.25, -0.2) is 9.59 Å². The molecule has 9 heteroatoms. The summed E-state index contributed by atoms with van der Waals surface area (Å²) < 4.78 is 0. The highest BCUT2D eigenvalue weighted by Crippen LogP contribution is 1.91. The van der Waals surface area contributed by atoms with Crippen LogP contribution in [0.5, 0.6) is 0 Å². The van der Waals surface area contributed by atoms with E-state index in [0.29, 0.717) is 0 Å². The Labute approximate surface area is 99.5 Å². The summed E-state index contributed by atoms with van der Waals surface area (Å²) in [5, 5.41) is 19.6. The predicted octanol–water partition coefficient (Wildman–Crippen LogP) is -2.37. The van der Waals surface area contributed by atoms with Crippen LogP contribution in [0.1, 0.15) is 16.9 Å². The topological polar surface area (TPSA) is 152 Å². The highest BCUT2D eigenvalue weighted by molar-refractivity contribution is 5.92. The average molecular weight is 257 g/mol. The summed E-state index contributed by atoms with van der Waals surface area (Å²) in [7, 11) is 0. The van der Waals surface area contributed by atoms with Crippen molar-refractivity contribution < 1.29 is 19.8 Å². The standard InChI is InChI=1S/C9H11N3O6/c13-5(8(16)17)1-2-10-7(15)4-3-6(14)12-9(18)11-4/h3,5,13H,1-2H2,(H,10,15)(H,16,17)(H2,11,12,14,18). The van der Waals surface area contributed by atoms with E-state index in [0.717, 1.165) is 6.07 Å². The van der Waals surface area contributed by atoms with Crippen molar-refractivity contribution in [2.75, 3.05) is 6.54 Å². The molecule has 0 aliphatic rings. The molecular weight excluding hydrogens is 246 g/mol. The average Bonchev–Trinajstić information content (AvgIpc) is 2.27. The van der Waals surface area contributed by atoms with Gasteiger partial charge in [-0.05, 0) is 0 Å². The lowest BCUT2D eigenvalue weighted by Gasteiger charge is -2.06. The lowest BCUT2D eigenvalue weighted by molar-refractivity contribution is -0.146. The number of nitrogens with one attached hydrogen (secondary N) is 3. The normalized spacial score (nSPS) is 11.8. The van der Waals surface area contributed by atoms with Crippen LogP contribution in [0.4, 0.5) is 0 Å². The number of carbonyl (C=O) groups excluding carboxylic acids is 1. The maximum absolute atomic E-state index is 11.4. The molecule has 9 nitrogen and oxygen atoms in total. The molecule has 0 fully saturated rings. The first-order valence-corrected chi connectivity index (χ1v) is 4.93. The van der Waals surface area contributed by atoms with E-state index in [2.05, 4.69) is 10.3 Å². The lowest BCUT2D eigenvalue weighted by Crippen LogP contribution is -2.33. The largest absolute Gasteiger partial charge is 0.479 e. The Morgan fingerprint density at radius 1 is 1.33 bits per heavy atom. The summed E-state index contributed by atoms with van der Waals surface area (Å²) in [5.74, 6) is -2.13. The van der Waals surface area contributed by atoms with Gasteiger partial charge in [-0.2, -0.15) is 0 Å². The maximum Gasteiger partial charge on any atom is 0.332 e. The molecule has 1 amide bonds. The van der Waals surface area contributed by atoms with E-state index in [-0.39, 0.29) is 18.7 Å². The number of aromatic nitrogens is 2. The van der Waals surface area contributed by atoms with E-state index in [4.69, 9.17) is 10.2 Å². The van der Waals surface area contributed by atoms with Crippen molar-refractivity contribution in [1.82, 2.24) is 15.3 Å². The lowest BCUT2D eigenvalue weighted by atomic mass is 10.2. The monoisotopic (exact) mass is 257 g/mol. The van der Waals surface area contributed by atoms with E-state index in [1.807, 2.05) is 4.98 Å². The molecule has 5 N–H and O–H groups in total. The van der Waals surface area contributed by atoms with Crippen LogP contribution in [0.3, 0.4) is 0 Å². The zero-order valence-electron chi connectivity index (χ0n) is 9.10. The summed E-state index contributed by atoms with van der Waals surface area (Å²) in [4.78, 5) is 47.5. The van der Waals surface area contributed by atoms with Crippen LogP contribution in [-0.4, -0.2) is 44.7 Å². The molecule has 1 rings (SSSR count). The number of H-pyrrole nitrogens is 2. The number of carboxylic acid groups (broad SMARTS) is 1. The molecule has 0 saturated carbocycles. The van der Waals surface area contributed by atoms with Crippen molar-refractivity contribution >= 4 is 11.9 Å². The fourth-order valence-corrected chi connectivity index (χ4v) is 1.13. The van der Waals surface area contributed by atoms with Gasteiger partial charge in [0.2, 0.25) is 0 Å². The number of carboxylic acids is 1. The fourth-order valence-electron chi connectivity index (χ4n) is 1.13. The zero-order valence-corrected chi connectivity index (χ0v) is 9.10. The summed E-state index contributed by atoms with van der Waals surface area (Å²) in [5.41, 5.74) is -1.79. The summed E-state index contributed by atoms with van der Waals surface area (Å²) in [6.45, 7) is -0.110. The third-order valence-corrected chi connectivity index (χ3v) is 1.99. The van der Waals surface area contributed by atoms with Gasteiger partial charge in [0.25, 0.3) is 11.5 Å². The van der Waals surface area contributed by atoms with Crippen LogP contribution in [-0.2, 0) is 4.79 Å². The van der Waals surface area contributed by atoms with E-state index in [1.165, 1.54) is 0 Å². The fraction of sp³-hybridized carbons (Fsp3) is 0.333.